The molecule has 0 radical (unpaired) electrons. The number of hydrogen-bond donors (Lipinski definition) is 1. The number of esters is 1. The predicted octanol–water partition coefficient (Wildman–Crippen LogP) is 3.79. The Kier molecular flexibility index (Phi) is 6.33. The van der Waals surface area contributed by atoms with Gasteiger partial charge >= 0.3 is 11.7 Å². The van der Waals surface area contributed by atoms with Gasteiger partial charge in [0.15, 0.2) is 10.6 Å². The van der Waals surface area contributed by atoms with Crippen molar-refractivity contribution in [3.63, 3.8) is 0 Å². The van der Waals surface area contributed by atoms with Crippen LogP contribution in [0.5, 0.6) is 0 Å². The number of rotatable bonds is 7. The van der Waals surface area contributed by atoms with Crippen LogP contribution in [0.4, 0.5) is 5.69 Å². The Labute approximate surface area is 190 Å². The minimum absolute atomic E-state index is 0.0449. The van der Waals surface area contributed by atoms with Gasteiger partial charge in [0.25, 0.3) is 5.91 Å². The first-order valence-corrected chi connectivity index (χ1v) is 10.7. The Morgan fingerprint density at radius 3 is 2.75 bits per heavy atom. The summed E-state index contributed by atoms with van der Waals surface area (Å²) in [6.45, 7) is 1.92. The van der Waals surface area contributed by atoms with E-state index in [4.69, 9.17) is 20.8 Å². The molecule has 0 bridgehead atoms. The second-order valence-electron chi connectivity index (χ2n) is 6.86. The number of oxazole rings is 1. The normalized spacial score (nSPS) is 10.9. The monoisotopic (exact) mass is 472 g/mol. The smallest absolute Gasteiger partial charge is 0.419 e. The number of hydrogen-bond acceptors (Lipinski definition) is 8. The second-order valence-corrected chi connectivity index (χ2v) is 8.36. The Morgan fingerprint density at radius 2 is 1.97 bits per heavy atom. The number of aromatic nitrogens is 3. The molecule has 0 spiro atoms. The average molecular weight is 473 g/mol. The molecule has 1 amide bonds. The zero-order valence-electron chi connectivity index (χ0n) is 16.8. The molecule has 0 aliphatic rings. The van der Waals surface area contributed by atoms with E-state index in [2.05, 4.69) is 15.5 Å². The lowest BCUT2D eigenvalue weighted by Gasteiger charge is -2.03. The molecule has 0 fully saturated rings. The van der Waals surface area contributed by atoms with Crippen molar-refractivity contribution in [3.05, 3.63) is 73.6 Å². The Hall–Kier alpha value is -3.50. The van der Waals surface area contributed by atoms with Crippen molar-refractivity contribution in [3.8, 4) is 0 Å². The van der Waals surface area contributed by atoms with Crippen molar-refractivity contribution >= 4 is 51.6 Å². The van der Waals surface area contributed by atoms with Gasteiger partial charge in [-0.05, 0) is 31.2 Å². The molecule has 9 nitrogen and oxygen atoms in total. The second kappa shape index (κ2) is 9.33. The lowest BCUT2D eigenvalue weighted by atomic mass is 10.2. The summed E-state index contributed by atoms with van der Waals surface area (Å²) in [6, 6.07) is 12.2. The molecule has 1 N–H and O–H groups in total. The molecular formula is C21H17ClN4O5S. The number of carbonyl (C=O) groups is 2. The maximum absolute atomic E-state index is 12.3. The van der Waals surface area contributed by atoms with Crippen LogP contribution in [0.15, 0.2) is 51.7 Å². The molecule has 0 aliphatic carbocycles. The van der Waals surface area contributed by atoms with Crippen molar-refractivity contribution in [2.24, 2.45) is 0 Å². The van der Waals surface area contributed by atoms with E-state index < -0.39 is 17.6 Å². The van der Waals surface area contributed by atoms with Crippen molar-refractivity contribution < 1.29 is 18.7 Å². The summed E-state index contributed by atoms with van der Waals surface area (Å²) in [4.78, 5) is 36.4. The Morgan fingerprint density at radius 1 is 1.19 bits per heavy atom. The highest BCUT2D eigenvalue weighted by atomic mass is 35.5. The van der Waals surface area contributed by atoms with Crippen molar-refractivity contribution in [2.45, 2.75) is 26.5 Å². The summed E-state index contributed by atoms with van der Waals surface area (Å²) < 4.78 is 11.7. The van der Waals surface area contributed by atoms with Gasteiger partial charge in [0.2, 0.25) is 5.01 Å². The van der Waals surface area contributed by atoms with Gasteiger partial charge in [-0.2, -0.15) is 0 Å². The van der Waals surface area contributed by atoms with Crippen molar-refractivity contribution in [2.75, 3.05) is 5.32 Å². The zero-order valence-corrected chi connectivity index (χ0v) is 18.4. The third kappa shape index (κ3) is 5.04. The van der Waals surface area contributed by atoms with Crippen LogP contribution in [0.2, 0.25) is 5.02 Å². The minimum atomic E-state index is -0.580. The van der Waals surface area contributed by atoms with Gasteiger partial charge in [0.1, 0.15) is 6.61 Å². The van der Waals surface area contributed by atoms with E-state index in [1.165, 1.54) is 10.6 Å². The Balaban J connectivity index is 1.30. The number of benzene rings is 2. The third-order valence-electron chi connectivity index (χ3n) is 4.50. The number of halogens is 1. The topological polar surface area (TPSA) is 116 Å². The van der Waals surface area contributed by atoms with Crippen molar-refractivity contribution in [1.29, 1.82) is 0 Å². The maximum atomic E-state index is 12.3. The molecule has 4 aromatic rings. The molecule has 2 heterocycles. The number of ether oxygens (including phenoxy) is 1. The van der Waals surface area contributed by atoms with Gasteiger partial charge in [-0.25, -0.2) is 4.79 Å². The van der Waals surface area contributed by atoms with E-state index >= 15 is 0 Å². The van der Waals surface area contributed by atoms with Crippen LogP contribution >= 0.6 is 22.9 Å². The first-order valence-electron chi connectivity index (χ1n) is 9.54. The largest absolute Gasteiger partial charge is 0.458 e. The molecule has 0 saturated heterocycles. The summed E-state index contributed by atoms with van der Waals surface area (Å²) in [5, 5.41) is 11.5. The summed E-state index contributed by atoms with van der Waals surface area (Å²) in [6.07, 6.45) is -0.0449. The van der Waals surface area contributed by atoms with E-state index in [0.717, 1.165) is 16.9 Å². The molecule has 11 heteroatoms. The number of amides is 1. The van der Waals surface area contributed by atoms with Gasteiger partial charge in [-0.1, -0.05) is 40.6 Å². The van der Waals surface area contributed by atoms with Gasteiger partial charge in [0, 0.05) is 23.3 Å². The van der Waals surface area contributed by atoms with Gasteiger partial charge in [-0.15, -0.1) is 10.2 Å². The number of nitrogens with zero attached hydrogens (tertiary/aromatic N) is 3. The molecule has 2 aromatic heterocycles. The molecular weight excluding hydrogens is 456 g/mol. The minimum Gasteiger partial charge on any atom is -0.458 e. The molecule has 2 aromatic carbocycles. The fourth-order valence-corrected chi connectivity index (χ4v) is 3.70. The van der Waals surface area contributed by atoms with E-state index in [0.29, 0.717) is 26.8 Å². The van der Waals surface area contributed by atoms with Crippen molar-refractivity contribution in [1.82, 2.24) is 14.8 Å². The maximum Gasteiger partial charge on any atom is 0.419 e. The molecule has 0 unspecified atom stereocenters. The van der Waals surface area contributed by atoms with Crippen LogP contribution in [-0.4, -0.2) is 26.6 Å². The summed E-state index contributed by atoms with van der Waals surface area (Å²) in [5.41, 5.74) is 2.62. The average Bonchev–Trinajstić information content (AvgIpc) is 3.36. The summed E-state index contributed by atoms with van der Waals surface area (Å²) in [5.74, 6) is -1.50. The van der Waals surface area contributed by atoms with Crippen LogP contribution in [0, 0.1) is 6.92 Å². The molecule has 164 valence electrons. The van der Waals surface area contributed by atoms with Crippen LogP contribution < -0.4 is 11.1 Å². The lowest BCUT2D eigenvalue weighted by Crippen LogP contribution is -2.17. The van der Waals surface area contributed by atoms with E-state index in [9.17, 15) is 14.4 Å². The van der Waals surface area contributed by atoms with Gasteiger partial charge in [0.05, 0.1) is 11.9 Å². The number of carbonyl (C=O) groups excluding carboxylic acids is 2. The first kappa shape index (κ1) is 21.7. The third-order valence-corrected chi connectivity index (χ3v) is 5.63. The first-order chi connectivity index (χ1) is 15.4. The summed E-state index contributed by atoms with van der Waals surface area (Å²) in [7, 11) is 0. The molecule has 32 heavy (non-hydrogen) atoms. The van der Waals surface area contributed by atoms with Crippen LogP contribution in [0.1, 0.15) is 26.8 Å². The lowest BCUT2D eigenvalue weighted by molar-refractivity contribution is -0.145. The summed E-state index contributed by atoms with van der Waals surface area (Å²) >= 11 is 6.93. The van der Waals surface area contributed by atoms with Crippen LogP contribution in [-0.2, 0) is 22.7 Å². The Bertz CT molecular complexity index is 1340. The van der Waals surface area contributed by atoms with Gasteiger partial charge in [-0.3, -0.25) is 14.2 Å². The van der Waals surface area contributed by atoms with E-state index in [-0.39, 0.29) is 24.6 Å². The molecule has 0 aliphatic heterocycles. The van der Waals surface area contributed by atoms with E-state index in [1.54, 1.807) is 24.3 Å². The van der Waals surface area contributed by atoms with Gasteiger partial charge < -0.3 is 14.5 Å². The fourth-order valence-electron chi connectivity index (χ4n) is 2.89. The highest BCUT2D eigenvalue weighted by Gasteiger charge is 2.15. The zero-order chi connectivity index (χ0) is 22.7. The molecule has 0 saturated carbocycles. The SMILES string of the molecule is Cc1ccc(NC(=O)c2nnc(COC(=O)CCn3c(=O)oc4cc(Cl)ccc43)s2)cc1. The standard InChI is InChI=1S/C21H17ClN4O5S/c1-12-2-5-14(6-3-12)23-19(28)20-25-24-17(32-20)11-30-18(27)8-9-26-15-7-4-13(22)10-16(15)31-21(26)29/h2-7,10H,8-9,11H2,1H3,(H,23,28). The highest BCUT2D eigenvalue weighted by molar-refractivity contribution is 7.13. The van der Waals surface area contributed by atoms with Crippen LogP contribution in [0.25, 0.3) is 11.1 Å². The predicted molar refractivity (Wildman–Crippen MR) is 119 cm³/mol. The fraction of sp³-hybridized carbons (Fsp3) is 0.190. The number of aryl methyl sites for hydroxylation is 2. The highest BCUT2D eigenvalue weighted by Crippen LogP contribution is 2.19. The van der Waals surface area contributed by atoms with Crippen LogP contribution in [0.3, 0.4) is 0 Å². The number of nitrogens with one attached hydrogen (secondary N) is 1. The van der Waals surface area contributed by atoms with E-state index in [1.807, 2.05) is 19.1 Å². The number of fused-ring (bicyclic) bond motifs is 1. The number of anilines is 1. The molecule has 0 atom stereocenters. The quantitative estimate of drug-likeness (QED) is 0.406. The molecule has 4 rings (SSSR count).